The summed E-state index contributed by atoms with van der Waals surface area (Å²) in [6, 6.07) is 12.0. The topological polar surface area (TPSA) is 34.2 Å². The predicted molar refractivity (Wildman–Crippen MR) is 90.0 cm³/mol. The number of ether oxygens (including phenoxy) is 1. The fourth-order valence-electron chi connectivity index (χ4n) is 1.79. The minimum atomic E-state index is 0.631. The standard InChI is InChI=1S/C16H19IN2O/c1-12(2)10-18-11-13-5-4-8-19-16(13)20-15-7-3-6-14(17)9-15/h3-9,12,18H,10-11H2,1-2H3. The largest absolute Gasteiger partial charge is 0.439 e. The molecule has 106 valence electrons. The summed E-state index contributed by atoms with van der Waals surface area (Å²) in [6.45, 7) is 6.14. The molecular weight excluding hydrogens is 363 g/mol. The molecule has 0 radical (unpaired) electrons. The van der Waals surface area contributed by atoms with Crippen LogP contribution in [-0.4, -0.2) is 11.5 Å². The number of aromatic nitrogens is 1. The second-order valence-corrected chi connectivity index (χ2v) is 6.30. The van der Waals surface area contributed by atoms with Crippen LogP contribution in [0.3, 0.4) is 0 Å². The monoisotopic (exact) mass is 382 g/mol. The van der Waals surface area contributed by atoms with Crippen molar-refractivity contribution < 1.29 is 4.74 Å². The van der Waals surface area contributed by atoms with Crippen LogP contribution in [-0.2, 0) is 6.54 Å². The Kier molecular flexibility index (Phi) is 5.79. The van der Waals surface area contributed by atoms with E-state index in [1.54, 1.807) is 6.20 Å². The molecule has 0 fully saturated rings. The smallest absolute Gasteiger partial charge is 0.223 e. The Bertz CT molecular complexity index is 558. The van der Waals surface area contributed by atoms with E-state index >= 15 is 0 Å². The molecule has 0 saturated carbocycles. The fraction of sp³-hybridized carbons (Fsp3) is 0.312. The normalized spacial score (nSPS) is 10.8. The van der Waals surface area contributed by atoms with Crippen molar-refractivity contribution in [2.75, 3.05) is 6.54 Å². The van der Waals surface area contributed by atoms with E-state index in [2.05, 4.69) is 46.7 Å². The average molecular weight is 382 g/mol. The lowest BCUT2D eigenvalue weighted by Gasteiger charge is -2.12. The zero-order valence-electron chi connectivity index (χ0n) is 11.8. The van der Waals surface area contributed by atoms with E-state index in [9.17, 15) is 0 Å². The Morgan fingerprint density at radius 2 is 2.10 bits per heavy atom. The average Bonchev–Trinajstić information content (AvgIpc) is 2.40. The summed E-state index contributed by atoms with van der Waals surface area (Å²) in [4.78, 5) is 4.34. The van der Waals surface area contributed by atoms with Crippen LogP contribution in [0.15, 0.2) is 42.6 Å². The molecule has 0 unspecified atom stereocenters. The quantitative estimate of drug-likeness (QED) is 0.760. The van der Waals surface area contributed by atoms with Crippen LogP contribution in [0, 0.1) is 9.49 Å². The van der Waals surface area contributed by atoms with Gasteiger partial charge in [0.15, 0.2) is 0 Å². The van der Waals surface area contributed by atoms with Crippen LogP contribution in [0.1, 0.15) is 19.4 Å². The van der Waals surface area contributed by atoms with Gasteiger partial charge in [-0.1, -0.05) is 26.0 Å². The Morgan fingerprint density at radius 1 is 1.25 bits per heavy atom. The van der Waals surface area contributed by atoms with E-state index in [0.717, 1.165) is 28.0 Å². The lowest BCUT2D eigenvalue weighted by Crippen LogP contribution is -2.19. The molecule has 0 aliphatic heterocycles. The van der Waals surface area contributed by atoms with Gasteiger partial charge in [0.2, 0.25) is 5.88 Å². The molecule has 0 amide bonds. The SMILES string of the molecule is CC(C)CNCc1cccnc1Oc1cccc(I)c1. The number of rotatable bonds is 6. The predicted octanol–water partition coefficient (Wildman–Crippen LogP) is 4.22. The molecule has 2 aromatic rings. The van der Waals surface area contributed by atoms with E-state index in [4.69, 9.17) is 4.74 Å². The Labute approximate surface area is 133 Å². The third-order valence-corrected chi connectivity index (χ3v) is 3.40. The van der Waals surface area contributed by atoms with Gasteiger partial charge in [0.1, 0.15) is 5.75 Å². The number of benzene rings is 1. The van der Waals surface area contributed by atoms with Crippen molar-refractivity contribution in [1.82, 2.24) is 10.3 Å². The summed E-state index contributed by atoms with van der Waals surface area (Å²) in [5.74, 6) is 2.12. The van der Waals surface area contributed by atoms with Crippen molar-refractivity contribution >= 4 is 22.6 Å². The van der Waals surface area contributed by atoms with Crippen LogP contribution < -0.4 is 10.1 Å². The molecule has 0 saturated heterocycles. The molecule has 0 atom stereocenters. The van der Waals surface area contributed by atoms with Crippen molar-refractivity contribution in [1.29, 1.82) is 0 Å². The van der Waals surface area contributed by atoms with Crippen molar-refractivity contribution in [3.05, 3.63) is 51.7 Å². The van der Waals surface area contributed by atoms with Crippen molar-refractivity contribution in [2.45, 2.75) is 20.4 Å². The highest BCUT2D eigenvalue weighted by Gasteiger charge is 2.06. The van der Waals surface area contributed by atoms with E-state index in [-0.39, 0.29) is 0 Å². The van der Waals surface area contributed by atoms with Crippen LogP contribution in [0.4, 0.5) is 0 Å². The molecule has 1 N–H and O–H groups in total. The lowest BCUT2D eigenvalue weighted by molar-refractivity contribution is 0.450. The van der Waals surface area contributed by atoms with Gasteiger partial charge in [-0.05, 0) is 59.3 Å². The van der Waals surface area contributed by atoms with E-state index in [0.29, 0.717) is 11.8 Å². The molecule has 0 aliphatic rings. The van der Waals surface area contributed by atoms with E-state index in [1.165, 1.54) is 0 Å². The first-order chi connectivity index (χ1) is 9.65. The highest BCUT2D eigenvalue weighted by Crippen LogP contribution is 2.24. The maximum Gasteiger partial charge on any atom is 0.223 e. The number of hydrogen-bond acceptors (Lipinski definition) is 3. The molecule has 3 nitrogen and oxygen atoms in total. The maximum absolute atomic E-state index is 5.89. The minimum absolute atomic E-state index is 0.631. The summed E-state index contributed by atoms with van der Waals surface area (Å²) in [5.41, 5.74) is 1.08. The number of nitrogens with zero attached hydrogens (tertiary/aromatic N) is 1. The summed E-state index contributed by atoms with van der Waals surface area (Å²) < 4.78 is 7.04. The number of hydrogen-bond donors (Lipinski definition) is 1. The molecule has 4 heteroatoms. The van der Waals surface area contributed by atoms with Gasteiger partial charge < -0.3 is 10.1 Å². The van der Waals surface area contributed by atoms with Gasteiger partial charge in [-0.15, -0.1) is 0 Å². The van der Waals surface area contributed by atoms with Crippen molar-refractivity contribution in [3.63, 3.8) is 0 Å². The third kappa shape index (κ3) is 4.76. The maximum atomic E-state index is 5.89. The van der Waals surface area contributed by atoms with Crippen LogP contribution >= 0.6 is 22.6 Å². The first-order valence-corrected chi connectivity index (χ1v) is 7.81. The molecule has 1 heterocycles. The molecule has 1 aromatic carbocycles. The van der Waals surface area contributed by atoms with Gasteiger partial charge in [0.25, 0.3) is 0 Å². The fourth-order valence-corrected chi connectivity index (χ4v) is 2.30. The van der Waals surface area contributed by atoms with Crippen LogP contribution in [0.5, 0.6) is 11.6 Å². The lowest BCUT2D eigenvalue weighted by atomic mass is 10.2. The number of nitrogens with one attached hydrogen (secondary N) is 1. The minimum Gasteiger partial charge on any atom is -0.439 e. The van der Waals surface area contributed by atoms with E-state index in [1.807, 2.05) is 36.4 Å². The van der Waals surface area contributed by atoms with Gasteiger partial charge in [-0.3, -0.25) is 0 Å². The van der Waals surface area contributed by atoms with Gasteiger partial charge in [-0.2, -0.15) is 0 Å². The van der Waals surface area contributed by atoms with E-state index < -0.39 is 0 Å². The molecular formula is C16H19IN2O. The molecule has 20 heavy (non-hydrogen) atoms. The first kappa shape index (κ1) is 15.3. The summed E-state index contributed by atoms with van der Waals surface area (Å²) >= 11 is 2.27. The highest BCUT2D eigenvalue weighted by atomic mass is 127. The second-order valence-electron chi connectivity index (χ2n) is 5.05. The Balaban J connectivity index is 2.07. The zero-order valence-corrected chi connectivity index (χ0v) is 13.9. The van der Waals surface area contributed by atoms with Gasteiger partial charge in [0, 0.05) is 21.9 Å². The summed E-state index contributed by atoms with van der Waals surface area (Å²) in [6.07, 6.45) is 1.76. The molecule has 0 spiro atoms. The molecule has 2 rings (SSSR count). The zero-order chi connectivity index (χ0) is 14.4. The first-order valence-electron chi connectivity index (χ1n) is 6.73. The van der Waals surface area contributed by atoms with Gasteiger partial charge in [-0.25, -0.2) is 4.98 Å². The number of halogens is 1. The van der Waals surface area contributed by atoms with Gasteiger partial charge >= 0.3 is 0 Å². The second kappa shape index (κ2) is 7.59. The Hall–Kier alpha value is -1.14. The summed E-state index contributed by atoms with van der Waals surface area (Å²) in [5, 5.41) is 3.42. The molecule has 1 aromatic heterocycles. The Morgan fingerprint density at radius 3 is 2.85 bits per heavy atom. The van der Waals surface area contributed by atoms with Crippen molar-refractivity contribution in [2.24, 2.45) is 5.92 Å². The third-order valence-electron chi connectivity index (χ3n) is 2.73. The van der Waals surface area contributed by atoms with Crippen molar-refractivity contribution in [3.8, 4) is 11.6 Å². The number of pyridine rings is 1. The van der Waals surface area contributed by atoms with Crippen LogP contribution in [0.25, 0.3) is 0 Å². The molecule has 0 aliphatic carbocycles. The highest BCUT2D eigenvalue weighted by molar-refractivity contribution is 14.1. The van der Waals surface area contributed by atoms with Crippen LogP contribution in [0.2, 0.25) is 0 Å². The summed E-state index contributed by atoms with van der Waals surface area (Å²) in [7, 11) is 0. The molecule has 0 bridgehead atoms. The van der Waals surface area contributed by atoms with Gasteiger partial charge in [0.05, 0.1) is 0 Å².